The van der Waals surface area contributed by atoms with E-state index in [1.807, 2.05) is 47.4 Å². The van der Waals surface area contributed by atoms with E-state index in [-0.39, 0.29) is 21.1 Å². The molecule has 0 unspecified atom stereocenters. The molecule has 2 aliphatic heterocycles. The Bertz CT molecular complexity index is 1350. The number of sulfonamides is 1. The van der Waals surface area contributed by atoms with Gasteiger partial charge in [0.25, 0.3) is 5.91 Å². The SMILES string of the molecule is CC(C)(C)c1ccc(C(=O)N2CCSC23CCN(S(=O)(=O)c2cccc4cccnc24)CC3)cc1. The highest BCUT2D eigenvalue weighted by atomic mass is 32.2. The average Bonchev–Trinajstić information content (AvgIpc) is 3.25. The largest absolute Gasteiger partial charge is 0.323 e. The van der Waals surface area contributed by atoms with Crippen LogP contribution in [0.15, 0.2) is 65.7 Å². The Labute approximate surface area is 211 Å². The van der Waals surface area contributed by atoms with Crippen LogP contribution in [0.25, 0.3) is 10.9 Å². The second-order valence-corrected chi connectivity index (χ2v) is 13.7. The smallest absolute Gasteiger partial charge is 0.254 e. The number of thioether (sulfide) groups is 1. The Morgan fingerprint density at radius 3 is 2.34 bits per heavy atom. The highest BCUT2D eigenvalue weighted by Crippen LogP contribution is 2.45. The molecule has 35 heavy (non-hydrogen) atoms. The maximum atomic E-state index is 13.6. The summed E-state index contributed by atoms with van der Waals surface area (Å²) in [5.74, 6) is 0.899. The third-order valence-corrected chi connectivity index (χ3v) is 10.6. The topological polar surface area (TPSA) is 70.6 Å². The summed E-state index contributed by atoms with van der Waals surface area (Å²) in [7, 11) is -3.69. The lowest BCUT2D eigenvalue weighted by molar-refractivity contribution is 0.0605. The van der Waals surface area contributed by atoms with Crippen LogP contribution in [0.4, 0.5) is 0 Å². The lowest BCUT2D eigenvalue weighted by Crippen LogP contribution is -2.53. The molecule has 2 aliphatic rings. The number of para-hydroxylation sites is 1. The molecule has 3 aromatic rings. The second kappa shape index (κ2) is 8.91. The summed E-state index contributed by atoms with van der Waals surface area (Å²) in [4.78, 5) is 19.7. The lowest BCUT2D eigenvalue weighted by Gasteiger charge is -2.43. The van der Waals surface area contributed by atoms with Crippen LogP contribution in [0.3, 0.4) is 0 Å². The maximum Gasteiger partial charge on any atom is 0.254 e. The zero-order chi connectivity index (χ0) is 24.8. The van der Waals surface area contributed by atoms with Crippen molar-refractivity contribution in [3.05, 3.63) is 71.9 Å². The van der Waals surface area contributed by atoms with Crippen molar-refractivity contribution in [3.63, 3.8) is 0 Å². The molecule has 8 heteroatoms. The Morgan fingerprint density at radius 2 is 1.66 bits per heavy atom. The van der Waals surface area contributed by atoms with E-state index in [0.717, 1.165) is 11.1 Å². The third-order valence-electron chi connectivity index (χ3n) is 7.14. The van der Waals surface area contributed by atoms with Gasteiger partial charge in [-0.15, -0.1) is 11.8 Å². The number of hydrogen-bond acceptors (Lipinski definition) is 5. The third kappa shape index (κ3) is 4.36. The van der Waals surface area contributed by atoms with Crippen molar-refractivity contribution in [1.29, 1.82) is 0 Å². The zero-order valence-electron chi connectivity index (χ0n) is 20.4. The molecule has 184 valence electrons. The van der Waals surface area contributed by atoms with Gasteiger partial charge in [0, 0.05) is 42.5 Å². The molecule has 2 fully saturated rings. The average molecular weight is 510 g/mol. The van der Waals surface area contributed by atoms with Gasteiger partial charge in [0.05, 0.1) is 10.4 Å². The molecule has 1 amide bonds. The predicted molar refractivity (Wildman–Crippen MR) is 141 cm³/mol. The van der Waals surface area contributed by atoms with Crippen LogP contribution in [-0.2, 0) is 15.4 Å². The molecular weight excluding hydrogens is 478 g/mol. The van der Waals surface area contributed by atoms with Gasteiger partial charge < -0.3 is 4.90 Å². The minimum absolute atomic E-state index is 0.0320. The van der Waals surface area contributed by atoms with E-state index < -0.39 is 10.0 Å². The van der Waals surface area contributed by atoms with Crippen LogP contribution < -0.4 is 0 Å². The molecule has 0 bridgehead atoms. The van der Waals surface area contributed by atoms with E-state index in [0.29, 0.717) is 43.6 Å². The van der Waals surface area contributed by atoms with E-state index in [1.165, 1.54) is 5.56 Å². The van der Waals surface area contributed by atoms with Gasteiger partial charge in [0.1, 0.15) is 4.90 Å². The number of pyridine rings is 1. The van der Waals surface area contributed by atoms with E-state index in [4.69, 9.17) is 0 Å². The van der Waals surface area contributed by atoms with Gasteiger partial charge >= 0.3 is 0 Å². The number of hydrogen-bond donors (Lipinski definition) is 0. The van der Waals surface area contributed by atoms with Crippen molar-refractivity contribution < 1.29 is 13.2 Å². The molecule has 1 spiro atoms. The van der Waals surface area contributed by atoms with Crippen molar-refractivity contribution >= 4 is 38.6 Å². The van der Waals surface area contributed by atoms with Gasteiger partial charge in [0.2, 0.25) is 10.0 Å². The molecule has 6 nitrogen and oxygen atoms in total. The van der Waals surface area contributed by atoms with Crippen molar-refractivity contribution in [2.45, 2.75) is 48.8 Å². The highest BCUT2D eigenvalue weighted by molar-refractivity contribution is 8.00. The number of rotatable bonds is 3. The minimum atomic E-state index is -3.69. The fourth-order valence-electron chi connectivity index (χ4n) is 5.08. The monoisotopic (exact) mass is 509 g/mol. The number of fused-ring (bicyclic) bond motifs is 1. The summed E-state index contributed by atoms with van der Waals surface area (Å²) >= 11 is 1.79. The van der Waals surface area contributed by atoms with Crippen molar-refractivity contribution in [3.8, 4) is 0 Å². The van der Waals surface area contributed by atoms with Crippen molar-refractivity contribution in [1.82, 2.24) is 14.2 Å². The Morgan fingerprint density at radius 1 is 0.971 bits per heavy atom. The van der Waals surface area contributed by atoms with E-state index in [2.05, 4.69) is 25.8 Å². The van der Waals surface area contributed by atoms with Gasteiger partial charge in [-0.2, -0.15) is 4.31 Å². The number of piperidine rings is 1. The highest BCUT2D eigenvalue weighted by Gasteiger charge is 2.48. The molecule has 1 aromatic heterocycles. The van der Waals surface area contributed by atoms with Gasteiger partial charge in [-0.3, -0.25) is 9.78 Å². The van der Waals surface area contributed by atoms with Gasteiger partial charge in [0.15, 0.2) is 0 Å². The molecule has 0 saturated carbocycles. The predicted octanol–water partition coefficient (Wildman–Crippen LogP) is 4.90. The first-order chi connectivity index (χ1) is 16.6. The van der Waals surface area contributed by atoms with Gasteiger partial charge in [-0.05, 0) is 48.1 Å². The standard InChI is InChI=1S/C27H31N3O3S2/c1-26(2,3)22-11-9-21(10-12-22)25(31)30-18-19-34-27(30)13-16-29(17-14-27)35(32,33)23-8-4-6-20-7-5-15-28-24(20)23/h4-12,15H,13-14,16-19H2,1-3H3. The van der Waals surface area contributed by atoms with Gasteiger partial charge in [-0.1, -0.05) is 51.1 Å². The number of benzene rings is 2. The first kappa shape index (κ1) is 24.3. The van der Waals surface area contributed by atoms with Gasteiger partial charge in [-0.25, -0.2) is 8.42 Å². The van der Waals surface area contributed by atoms with E-state index in [1.54, 1.807) is 34.4 Å². The number of aromatic nitrogens is 1. The zero-order valence-corrected chi connectivity index (χ0v) is 22.0. The van der Waals surface area contributed by atoms with Crippen LogP contribution in [0, 0.1) is 0 Å². The first-order valence-corrected chi connectivity index (χ1v) is 14.4. The number of carbonyl (C=O) groups excluding carboxylic acids is 1. The maximum absolute atomic E-state index is 13.6. The fraction of sp³-hybridized carbons (Fsp3) is 0.407. The molecule has 0 radical (unpaired) electrons. The Balaban J connectivity index is 1.35. The van der Waals surface area contributed by atoms with Crippen LogP contribution in [0.2, 0.25) is 0 Å². The van der Waals surface area contributed by atoms with Crippen LogP contribution >= 0.6 is 11.8 Å². The number of nitrogens with zero attached hydrogens (tertiary/aromatic N) is 3. The normalized spacial score (nSPS) is 18.9. The molecule has 5 rings (SSSR count). The van der Waals surface area contributed by atoms with Crippen LogP contribution in [0.1, 0.15) is 49.5 Å². The molecule has 0 N–H and O–H groups in total. The summed E-state index contributed by atoms with van der Waals surface area (Å²) in [5.41, 5.74) is 2.42. The summed E-state index contributed by atoms with van der Waals surface area (Å²) in [5, 5.41) is 0.808. The summed E-state index contributed by atoms with van der Waals surface area (Å²) in [6.07, 6.45) is 2.85. The molecule has 0 aliphatic carbocycles. The van der Waals surface area contributed by atoms with Crippen LogP contribution in [0.5, 0.6) is 0 Å². The lowest BCUT2D eigenvalue weighted by atomic mass is 9.86. The van der Waals surface area contributed by atoms with Crippen molar-refractivity contribution in [2.75, 3.05) is 25.4 Å². The molecular formula is C27H31N3O3S2. The second-order valence-electron chi connectivity index (χ2n) is 10.3. The Hall–Kier alpha value is -2.42. The minimum Gasteiger partial charge on any atom is -0.323 e. The number of carbonyl (C=O) groups is 1. The number of amides is 1. The summed E-state index contributed by atoms with van der Waals surface area (Å²) in [6, 6.07) is 16.9. The van der Waals surface area contributed by atoms with Crippen molar-refractivity contribution in [2.24, 2.45) is 0 Å². The molecule has 3 heterocycles. The fourth-order valence-corrected chi connectivity index (χ4v) is 8.14. The molecule has 2 saturated heterocycles. The van der Waals surface area contributed by atoms with E-state index >= 15 is 0 Å². The van der Waals surface area contributed by atoms with Crippen LogP contribution in [-0.4, -0.2) is 58.8 Å². The Kier molecular flexibility index (Phi) is 6.18. The van der Waals surface area contributed by atoms with E-state index in [9.17, 15) is 13.2 Å². The molecule has 2 aromatic carbocycles. The summed E-state index contributed by atoms with van der Waals surface area (Å²) in [6.45, 7) is 7.92. The first-order valence-electron chi connectivity index (χ1n) is 12.0. The molecule has 0 atom stereocenters. The summed E-state index contributed by atoms with van der Waals surface area (Å²) < 4.78 is 28.7. The quantitative estimate of drug-likeness (QED) is 0.502.